The minimum Gasteiger partial charge on any atom is -0.399 e. The molecule has 0 bridgehead atoms. The molecule has 8 nitrogen and oxygen atoms in total. The van der Waals surface area contributed by atoms with E-state index in [1.807, 2.05) is 25.1 Å². The molecular weight excluding hydrogens is 340 g/mol. The number of hydrogen-bond acceptors (Lipinski definition) is 8. The van der Waals surface area contributed by atoms with Gasteiger partial charge in [-0.3, -0.25) is 4.98 Å². The van der Waals surface area contributed by atoms with E-state index in [2.05, 4.69) is 26.3 Å². The fraction of sp³-hybridized carbons (Fsp3) is 0.105. The number of nitriles is 1. The monoisotopic (exact) mass is 358 g/mol. The summed E-state index contributed by atoms with van der Waals surface area (Å²) < 4.78 is 0. The second-order valence-electron chi connectivity index (χ2n) is 5.92. The van der Waals surface area contributed by atoms with Gasteiger partial charge in [-0.15, -0.1) is 0 Å². The molecule has 0 radical (unpaired) electrons. The van der Waals surface area contributed by atoms with Crippen LogP contribution >= 0.6 is 0 Å². The van der Waals surface area contributed by atoms with Gasteiger partial charge in [0.2, 0.25) is 5.95 Å². The maximum absolute atomic E-state index is 9.10. The highest BCUT2D eigenvalue weighted by atomic mass is 15.1. The quantitative estimate of drug-likeness (QED) is 0.404. The molecule has 8 heteroatoms. The molecule has 0 amide bonds. The molecule has 3 aromatic rings. The summed E-state index contributed by atoms with van der Waals surface area (Å²) in [5.74, 6) is 0.474. The van der Waals surface area contributed by atoms with Crippen molar-refractivity contribution in [3.05, 3.63) is 58.8 Å². The van der Waals surface area contributed by atoms with Crippen LogP contribution in [0.3, 0.4) is 0 Å². The van der Waals surface area contributed by atoms with Gasteiger partial charge in [0, 0.05) is 24.6 Å². The van der Waals surface area contributed by atoms with Gasteiger partial charge in [-0.1, -0.05) is 12.1 Å². The highest BCUT2D eigenvalue weighted by Gasteiger charge is 2.15. The van der Waals surface area contributed by atoms with Gasteiger partial charge in [-0.2, -0.15) is 10.2 Å². The van der Waals surface area contributed by atoms with Gasteiger partial charge >= 0.3 is 0 Å². The third-order valence-electron chi connectivity index (χ3n) is 4.03. The third kappa shape index (κ3) is 3.82. The highest BCUT2D eigenvalue weighted by Crippen LogP contribution is 2.25. The lowest BCUT2D eigenvalue weighted by atomic mass is 10.1. The van der Waals surface area contributed by atoms with E-state index >= 15 is 0 Å². The van der Waals surface area contributed by atoms with E-state index in [-0.39, 0.29) is 5.95 Å². The Morgan fingerprint density at radius 2 is 2.04 bits per heavy atom. The zero-order valence-electron chi connectivity index (χ0n) is 14.7. The smallest absolute Gasteiger partial charge is 0.222 e. The number of aromatic nitrogens is 3. The Bertz CT molecular complexity index is 1050. The topological polar surface area (TPSA) is 150 Å². The molecule has 0 saturated carbocycles. The lowest BCUT2D eigenvalue weighted by molar-refractivity contribution is 1.08. The number of nitrogens with one attached hydrogen (secondary N) is 2. The van der Waals surface area contributed by atoms with Gasteiger partial charge in [0.1, 0.15) is 11.5 Å². The van der Waals surface area contributed by atoms with Gasteiger partial charge in [0.05, 0.1) is 22.9 Å². The van der Waals surface area contributed by atoms with Crippen molar-refractivity contribution in [3.63, 3.8) is 0 Å². The van der Waals surface area contributed by atoms with Crippen LogP contribution in [0.2, 0.25) is 0 Å². The van der Waals surface area contributed by atoms with Crippen molar-refractivity contribution in [2.75, 3.05) is 16.8 Å². The van der Waals surface area contributed by atoms with Crippen molar-refractivity contribution in [2.24, 2.45) is 0 Å². The molecule has 0 fully saturated rings. The van der Waals surface area contributed by atoms with Crippen molar-refractivity contribution in [3.8, 4) is 17.5 Å². The number of hydrogen-bond donors (Lipinski definition) is 4. The average Bonchev–Trinajstić information content (AvgIpc) is 2.68. The zero-order valence-corrected chi connectivity index (χ0v) is 14.7. The van der Waals surface area contributed by atoms with Crippen LogP contribution in [0.15, 0.2) is 36.5 Å². The minimum absolute atomic E-state index is 0.0516. The van der Waals surface area contributed by atoms with Crippen LogP contribution in [-0.4, -0.2) is 21.2 Å². The van der Waals surface area contributed by atoms with Crippen LogP contribution < -0.4 is 16.8 Å². The van der Waals surface area contributed by atoms with Crippen LogP contribution in [0.5, 0.6) is 0 Å². The van der Waals surface area contributed by atoms with E-state index in [9.17, 15) is 0 Å². The number of anilines is 3. The number of rotatable bonds is 5. The van der Waals surface area contributed by atoms with Crippen molar-refractivity contribution in [2.45, 2.75) is 13.5 Å². The normalized spacial score (nSPS) is 10.2. The standard InChI is InChI=1S/C19H18N8/c1-11-6-13(2-3-15(11)22)10-25-18-14(9-21)17(26-19(23)27-18)16-7-12(8-20)4-5-24-16/h2-7,9,21H,10,22H2,1H3,(H3,23,25,26,27). The number of pyridine rings is 1. The van der Waals surface area contributed by atoms with E-state index in [0.717, 1.165) is 23.0 Å². The van der Waals surface area contributed by atoms with Gasteiger partial charge in [-0.25, -0.2) is 4.98 Å². The number of nitrogen functional groups attached to an aromatic ring is 2. The number of aryl methyl sites for hydroxylation is 1. The number of benzene rings is 1. The minimum atomic E-state index is 0.0516. The van der Waals surface area contributed by atoms with Crippen molar-refractivity contribution >= 4 is 23.7 Å². The number of nitrogens with zero attached hydrogens (tertiary/aromatic N) is 4. The summed E-state index contributed by atoms with van der Waals surface area (Å²) in [5, 5.41) is 20.1. The van der Waals surface area contributed by atoms with Gasteiger partial charge in [0.25, 0.3) is 0 Å². The molecule has 0 aliphatic rings. The van der Waals surface area contributed by atoms with Crippen molar-refractivity contribution in [1.82, 2.24) is 15.0 Å². The lowest BCUT2D eigenvalue weighted by Crippen LogP contribution is -2.10. The van der Waals surface area contributed by atoms with Gasteiger partial charge in [-0.05, 0) is 36.2 Å². The molecule has 0 spiro atoms. The fourth-order valence-electron chi connectivity index (χ4n) is 2.62. The maximum atomic E-state index is 9.10. The first-order valence-corrected chi connectivity index (χ1v) is 8.15. The van der Waals surface area contributed by atoms with Crippen molar-refractivity contribution < 1.29 is 0 Å². The Morgan fingerprint density at radius 3 is 2.74 bits per heavy atom. The van der Waals surface area contributed by atoms with Crippen molar-refractivity contribution in [1.29, 1.82) is 10.7 Å². The molecular formula is C19H18N8. The average molecular weight is 358 g/mol. The summed E-state index contributed by atoms with van der Waals surface area (Å²) in [4.78, 5) is 12.7. The Morgan fingerprint density at radius 1 is 1.22 bits per heavy atom. The van der Waals surface area contributed by atoms with E-state index in [1.54, 1.807) is 12.1 Å². The molecule has 1 aromatic carbocycles. The first-order chi connectivity index (χ1) is 13.0. The zero-order chi connectivity index (χ0) is 19.4. The molecule has 27 heavy (non-hydrogen) atoms. The van der Waals surface area contributed by atoms with Crippen LogP contribution in [0.25, 0.3) is 11.4 Å². The predicted octanol–water partition coefficient (Wildman–Crippen LogP) is 2.49. The van der Waals surface area contributed by atoms with Gasteiger partial charge < -0.3 is 22.2 Å². The van der Waals surface area contributed by atoms with Crippen LogP contribution in [0.1, 0.15) is 22.3 Å². The summed E-state index contributed by atoms with van der Waals surface area (Å²) in [5.41, 5.74) is 16.2. The largest absolute Gasteiger partial charge is 0.399 e. The first-order valence-electron chi connectivity index (χ1n) is 8.15. The Kier molecular flexibility index (Phi) is 4.95. The molecule has 3 rings (SSSR count). The molecule has 6 N–H and O–H groups in total. The van der Waals surface area contributed by atoms with Crippen LogP contribution in [0, 0.1) is 23.7 Å². The molecule has 2 heterocycles. The molecule has 0 saturated heterocycles. The lowest BCUT2D eigenvalue weighted by Gasteiger charge is -2.13. The fourth-order valence-corrected chi connectivity index (χ4v) is 2.62. The van der Waals surface area contributed by atoms with Gasteiger partial charge in [0.15, 0.2) is 0 Å². The highest BCUT2D eigenvalue weighted by molar-refractivity contribution is 5.92. The summed E-state index contributed by atoms with van der Waals surface area (Å²) in [7, 11) is 0. The maximum Gasteiger partial charge on any atom is 0.222 e. The molecule has 134 valence electrons. The van der Waals surface area contributed by atoms with E-state index in [0.29, 0.717) is 34.9 Å². The second kappa shape index (κ2) is 7.49. The van der Waals surface area contributed by atoms with Crippen LogP contribution in [-0.2, 0) is 6.54 Å². The van der Waals surface area contributed by atoms with E-state index in [1.165, 1.54) is 6.20 Å². The molecule has 2 aromatic heterocycles. The summed E-state index contributed by atoms with van der Waals surface area (Å²) in [6, 6.07) is 11.0. The third-order valence-corrected chi connectivity index (χ3v) is 4.03. The summed E-state index contributed by atoms with van der Waals surface area (Å²) in [6.07, 6.45) is 2.66. The number of nitrogens with two attached hydrogens (primary N) is 2. The molecule has 0 aliphatic heterocycles. The van der Waals surface area contributed by atoms with E-state index < -0.39 is 0 Å². The molecule has 0 unspecified atom stereocenters. The van der Waals surface area contributed by atoms with Crippen LogP contribution in [0.4, 0.5) is 17.5 Å². The second-order valence-corrected chi connectivity index (χ2v) is 5.92. The Hall–Kier alpha value is -3.99. The van der Waals surface area contributed by atoms with E-state index in [4.69, 9.17) is 22.1 Å². The SMILES string of the molecule is Cc1cc(CNc2nc(N)nc(-c3cc(C#N)ccn3)c2C=N)ccc1N. The Balaban J connectivity index is 1.98. The summed E-state index contributed by atoms with van der Waals surface area (Å²) in [6.45, 7) is 2.42. The Labute approximate surface area is 156 Å². The molecule has 0 atom stereocenters. The predicted molar refractivity (Wildman–Crippen MR) is 105 cm³/mol. The molecule has 0 aliphatic carbocycles. The summed E-state index contributed by atoms with van der Waals surface area (Å²) >= 11 is 0. The first kappa shape index (κ1) is 17.8.